The summed E-state index contributed by atoms with van der Waals surface area (Å²) in [5, 5.41) is 0. The third-order valence-electron chi connectivity index (χ3n) is 3.98. The summed E-state index contributed by atoms with van der Waals surface area (Å²) in [5.41, 5.74) is 4.24. The molecule has 0 radical (unpaired) electrons. The molecule has 0 bridgehead atoms. The molecule has 0 aromatic heterocycles. The topological polar surface area (TPSA) is 64.8 Å². The van der Waals surface area contributed by atoms with Crippen molar-refractivity contribution in [2.45, 2.75) is 45.4 Å². The number of nitrogen functional groups attached to an aromatic ring is 1. The van der Waals surface area contributed by atoms with Crippen molar-refractivity contribution in [2.75, 3.05) is 25.4 Å². The number of nitrogens with two attached hydrogens (primary N) is 1. The summed E-state index contributed by atoms with van der Waals surface area (Å²) in [6.45, 7) is 6.80. The zero-order valence-electron chi connectivity index (χ0n) is 15.2. The molecule has 26 heavy (non-hydrogen) atoms. The molecule has 1 aromatic rings. The van der Waals surface area contributed by atoms with Gasteiger partial charge in [0.15, 0.2) is 0 Å². The number of nitrogens with zero attached hydrogens (tertiary/aromatic N) is 1. The Kier molecular flexibility index (Phi) is 5.93. The second-order valence-electron chi connectivity index (χ2n) is 7.50. The van der Waals surface area contributed by atoms with Gasteiger partial charge in [-0.3, -0.25) is 0 Å². The van der Waals surface area contributed by atoms with Crippen molar-refractivity contribution in [3.8, 4) is 5.75 Å². The summed E-state index contributed by atoms with van der Waals surface area (Å²) >= 11 is 0. The van der Waals surface area contributed by atoms with E-state index < -0.39 is 17.3 Å². The van der Waals surface area contributed by atoms with Crippen LogP contribution in [0.25, 0.3) is 0 Å². The van der Waals surface area contributed by atoms with Gasteiger partial charge in [0.2, 0.25) is 0 Å². The zero-order valence-corrected chi connectivity index (χ0v) is 15.2. The second kappa shape index (κ2) is 7.63. The molecular weight excluding hydrogens is 349 g/mol. The van der Waals surface area contributed by atoms with Gasteiger partial charge < -0.3 is 20.1 Å². The van der Waals surface area contributed by atoms with Gasteiger partial charge in [-0.1, -0.05) is 0 Å². The lowest BCUT2D eigenvalue weighted by Gasteiger charge is -2.34. The van der Waals surface area contributed by atoms with Gasteiger partial charge in [-0.2, -0.15) is 13.2 Å². The minimum atomic E-state index is -4.44. The van der Waals surface area contributed by atoms with Crippen molar-refractivity contribution < 1.29 is 27.4 Å². The number of benzene rings is 1. The maximum atomic E-state index is 12.7. The Balaban J connectivity index is 1.92. The molecule has 0 saturated carbocycles. The molecule has 1 aliphatic rings. The molecule has 5 nitrogen and oxygen atoms in total. The van der Waals surface area contributed by atoms with Crippen LogP contribution in [0.2, 0.25) is 0 Å². The van der Waals surface area contributed by atoms with Crippen LogP contribution in [0.3, 0.4) is 0 Å². The first-order valence-electron chi connectivity index (χ1n) is 8.53. The highest BCUT2D eigenvalue weighted by Gasteiger charge is 2.31. The number of ether oxygens (including phenoxy) is 2. The Hall–Kier alpha value is -2.12. The summed E-state index contributed by atoms with van der Waals surface area (Å²) in [4.78, 5) is 13.8. The lowest BCUT2D eigenvalue weighted by molar-refractivity contribution is -0.137. The van der Waals surface area contributed by atoms with E-state index in [-0.39, 0.29) is 30.1 Å². The van der Waals surface area contributed by atoms with Gasteiger partial charge in [-0.05, 0) is 51.8 Å². The lowest BCUT2D eigenvalue weighted by Crippen LogP contribution is -2.44. The molecule has 1 atom stereocenters. The van der Waals surface area contributed by atoms with Crippen LogP contribution in [0.5, 0.6) is 5.75 Å². The number of carbonyl (C=O) groups is 1. The molecule has 1 saturated heterocycles. The van der Waals surface area contributed by atoms with E-state index in [1.54, 1.807) is 4.90 Å². The van der Waals surface area contributed by atoms with E-state index in [0.717, 1.165) is 25.0 Å². The fourth-order valence-electron chi connectivity index (χ4n) is 2.76. The number of amides is 1. The molecule has 8 heteroatoms. The van der Waals surface area contributed by atoms with E-state index in [4.69, 9.17) is 15.2 Å². The maximum absolute atomic E-state index is 12.7. The van der Waals surface area contributed by atoms with E-state index >= 15 is 0 Å². The number of rotatable bonds is 3. The van der Waals surface area contributed by atoms with Crippen molar-refractivity contribution >= 4 is 11.8 Å². The number of anilines is 1. The zero-order chi connectivity index (χ0) is 19.5. The van der Waals surface area contributed by atoms with Crippen LogP contribution in [0.1, 0.15) is 39.2 Å². The highest BCUT2D eigenvalue weighted by atomic mass is 19.4. The molecule has 1 aromatic carbocycles. The van der Waals surface area contributed by atoms with E-state index in [1.807, 2.05) is 20.8 Å². The van der Waals surface area contributed by atoms with Crippen molar-refractivity contribution in [2.24, 2.45) is 5.92 Å². The average molecular weight is 374 g/mol. The standard InChI is InChI=1S/C18H25F3N2O3/c1-17(2,3)26-16(24)23-8-4-5-12(10-23)11-25-15-7-6-13(9-14(15)22)18(19,20)21/h6-7,9,12H,4-5,8,10-11,22H2,1-3H3/t12-/m0/s1. The summed E-state index contributed by atoms with van der Waals surface area (Å²) in [6, 6.07) is 3.04. The maximum Gasteiger partial charge on any atom is 0.416 e. The summed E-state index contributed by atoms with van der Waals surface area (Å²) in [5.74, 6) is 0.283. The van der Waals surface area contributed by atoms with Gasteiger partial charge in [-0.25, -0.2) is 4.79 Å². The number of hydrogen-bond acceptors (Lipinski definition) is 4. The molecule has 2 rings (SSSR count). The number of halogens is 3. The average Bonchev–Trinajstić information content (AvgIpc) is 2.51. The van der Waals surface area contributed by atoms with Crippen LogP contribution >= 0.6 is 0 Å². The molecule has 0 spiro atoms. The van der Waals surface area contributed by atoms with Crippen molar-refractivity contribution in [3.63, 3.8) is 0 Å². The number of piperidine rings is 1. The van der Waals surface area contributed by atoms with Gasteiger partial charge >= 0.3 is 12.3 Å². The first-order chi connectivity index (χ1) is 12.0. The Bertz CT molecular complexity index is 642. The van der Waals surface area contributed by atoms with Crippen LogP contribution in [0.4, 0.5) is 23.7 Å². The van der Waals surface area contributed by atoms with Gasteiger partial charge in [0.05, 0.1) is 17.9 Å². The van der Waals surface area contributed by atoms with Crippen molar-refractivity contribution in [1.82, 2.24) is 4.90 Å². The molecule has 0 aliphatic carbocycles. The highest BCUT2D eigenvalue weighted by molar-refractivity contribution is 5.68. The van der Waals surface area contributed by atoms with Crippen LogP contribution in [0.15, 0.2) is 18.2 Å². The normalized spacial score (nSPS) is 18.5. The molecule has 1 fully saturated rings. The number of hydrogen-bond donors (Lipinski definition) is 1. The summed E-state index contributed by atoms with van der Waals surface area (Å²) in [6.07, 6.45) is -3.13. The molecule has 2 N–H and O–H groups in total. The Labute approximate surface area is 151 Å². The van der Waals surface area contributed by atoms with E-state index in [9.17, 15) is 18.0 Å². The van der Waals surface area contributed by atoms with Crippen molar-refractivity contribution in [3.05, 3.63) is 23.8 Å². The Morgan fingerprint density at radius 2 is 2.00 bits per heavy atom. The SMILES string of the molecule is CC(C)(C)OC(=O)N1CCC[C@H](COc2ccc(C(F)(F)F)cc2N)C1. The van der Waals surface area contributed by atoms with Crippen LogP contribution < -0.4 is 10.5 Å². The largest absolute Gasteiger partial charge is 0.491 e. The van der Waals surface area contributed by atoms with Crippen LogP contribution in [-0.2, 0) is 10.9 Å². The molecule has 1 amide bonds. The predicted molar refractivity (Wildman–Crippen MR) is 91.9 cm³/mol. The first-order valence-corrected chi connectivity index (χ1v) is 8.53. The summed E-state index contributed by atoms with van der Waals surface area (Å²) in [7, 11) is 0. The third kappa shape index (κ3) is 5.71. The van der Waals surface area contributed by atoms with Gasteiger partial charge in [-0.15, -0.1) is 0 Å². The van der Waals surface area contributed by atoms with Gasteiger partial charge in [0, 0.05) is 19.0 Å². The lowest BCUT2D eigenvalue weighted by atomic mass is 9.99. The molecule has 1 aliphatic heterocycles. The quantitative estimate of drug-likeness (QED) is 0.801. The van der Waals surface area contributed by atoms with Crippen LogP contribution in [-0.4, -0.2) is 36.3 Å². The molecule has 1 heterocycles. The predicted octanol–water partition coefficient (Wildman–Crippen LogP) is 4.31. The molecular formula is C18H25F3N2O3. The summed E-state index contributed by atoms with van der Waals surface area (Å²) < 4.78 is 49.0. The first kappa shape index (κ1) is 20.2. The van der Waals surface area contributed by atoms with E-state index in [0.29, 0.717) is 13.1 Å². The Morgan fingerprint density at radius 3 is 2.58 bits per heavy atom. The number of alkyl halides is 3. The van der Waals surface area contributed by atoms with Crippen LogP contribution in [0, 0.1) is 5.92 Å². The van der Waals surface area contributed by atoms with Gasteiger partial charge in [0.1, 0.15) is 11.4 Å². The smallest absolute Gasteiger partial charge is 0.416 e. The highest BCUT2D eigenvalue weighted by Crippen LogP contribution is 2.34. The monoisotopic (exact) mass is 374 g/mol. The molecule has 146 valence electrons. The number of likely N-dealkylation sites (tertiary alicyclic amines) is 1. The van der Waals surface area contributed by atoms with E-state index in [1.165, 1.54) is 6.07 Å². The fraction of sp³-hybridized carbons (Fsp3) is 0.611. The fourth-order valence-corrected chi connectivity index (χ4v) is 2.76. The Morgan fingerprint density at radius 1 is 1.31 bits per heavy atom. The van der Waals surface area contributed by atoms with Gasteiger partial charge in [0.25, 0.3) is 0 Å². The third-order valence-corrected chi connectivity index (χ3v) is 3.98. The minimum absolute atomic E-state index is 0.0559. The number of carbonyl (C=O) groups excluding carboxylic acids is 1. The second-order valence-corrected chi connectivity index (χ2v) is 7.50. The minimum Gasteiger partial charge on any atom is -0.491 e. The van der Waals surface area contributed by atoms with E-state index in [2.05, 4.69) is 0 Å². The van der Waals surface area contributed by atoms with Crippen molar-refractivity contribution in [1.29, 1.82) is 0 Å². The molecule has 0 unspecified atom stereocenters.